The molecule has 0 aliphatic carbocycles. The van der Waals surface area contributed by atoms with Crippen molar-refractivity contribution in [3.05, 3.63) is 58.1 Å². The van der Waals surface area contributed by atoms with Gasteiger partial charge in [0.25, 0.3) is 11.8 Å². The number of ether oxygens (including phenoxy) is 3. The van der Waals surface area contributed by atoms with E-state index >= 15 is 0 Å². The van der Waals surface area contributed by atoms with Crippen LogP contribution in [0.2, 0.25) is 0 Å². The minimum Gasteiger partial charge on any atom is -0.490 e. The first kappa shape index (κ1) is 23.6. The Bertz CT molecular complexity index is 893. The third-order valence-corrected chi connectivity index (χ3v) is 4.50. The first-order valence-electron chi connectivity index (χ1n) is 8.90. The molecule has 0 saturated heterocycles. The molecule has 0 bridgehead atoms. The predicted octanol–water partition coefficient (Wildman–Crippen LogP) is 2.50. The van der Waals surface area contributed by atoms with E-state index in [1.807, 2.05) is 19.1 Å². The average molecular weight is 496 g/mol. The Balaban J connectivity index is 1.75. The molecule has 160 valence electrons. The molecule has 0 radical (unpaired) electrons. The first-order chi connectivity index (χ1) is 14.4. The van der Waals surface area contributed by atoms with E-state index in [2.05, 4.69) is 32.1 Å². The summed E-state index contributed by atoms with van der Waals surface area (Å²) in [6.07, 6.45) is 0. The van der Waals surface area contributed by atoms with Gasteiger partial charge in [-0.2, -0.15) is 0 Å². The Kier molecular flexibility index (Phi) is 9.52. The number of rotatable bonds is 8. The number of methoxy groups -OCH3 is 1. The van der Waals surface area contributed by atoms with Crippen molar-refractivity contribution in [2.24, 2.45) is 0 Å². The van der Waals surface area contributed by atoms with E-state index in [4.69, 9.17) is 26.4 Å². The summed E-state index contributed by atoms with van der Waals surface area (Å²) < 4.78 is 16.4. The highest BCUT2D eigenvalue weighted by molar-refractivity contribution is 9.10. The number of aryl methyl sites for hydroxylation is 1. The van der Waals surface area contributed by atoms with Crippen LogP contribution in [0, 0.1) is 6.92 Å². The lowest BCUT2D eigenvalue weighted by Crippen LogP contribution is -2.49. The third kappa shape index (κ3) is 7.97. The van der Waals surface area contributed by atoms with E-state index in [9.17, 15) is 9.59 Å². The molecule has 0 aliphatic rings. The maximum atomic E-state index is 12.3. The monoisotopic (exact) mass is 495 g/mol. The minimum atomic E-state index is -0.451. The molecule has 8 nitrogen and oxygen atoms in total. The first-order valence-corrected chi connectivity index (χ1v) is 10.1. The van der Waals surface area contributed by atoms with E-state index in [1.165, 1.54) is 0 Å². The van der Waals surface area contributed by atoms with Crippen molar-refractivity contribution in [1.82, 2.24) is 16.2 Å². The molecule has 0 unspecified atom stereocenters. The van der Waals surface area contributed by atoms with E-state index in [0.717, 1.165) is 5.56 Å². The summed E-state index contributed by atoms with van der Waals surface area (Å²) in [6, 6.07) is 12.2. The SMILES string of the molecule is COCCOc1ccc(C(=O)NC(=S)NNC(=O)COc2ccc(C)cc2)cc1Br. The Morgan fingerprint density at radius 2 is 1.77 bits per heavy atom. The molecule has 10 heteroatoms. The number of carbonyl (C=O) groups is 2. The molecule has 0 aromatic heterocycles. The van der Waals surface area contributed by atoms with Gasteiger partial charge in [-0.3, -0.25) is 25.8 Å². The lowest BCUT2D eigenvalue weighted by molar-refractivity contribution is -0.123. The summed E-state index contributed by atoms with van der Waals surface area (Å²) in [5.41, 5.74) is 6.27. The Hall–Kier alpha value is -2.69. The maximum absolute atomic E-state index is 12.3. The Labute approximate surface area is 188 Å². The predicted molar refractivity (Wildman–Crippen MR) is 120 cm³/mol. The molecule has 2 aromatic carbocycles. The van der Waals surface area contributed by atoms with Gasteiger partial charge in [0, 0.05) is 12.7 Å². The summed E-state index contributed by atoms with van der Waals surface area (Å²) in [5, 5.41) is 2.42. The lowest BCUT2D eigenvalue weighted by Gasteiger charge is -2.12. The largest absolute Gasteiger partial charge is 0.490 e. The summed E-state index contributed by atoms with van der Waals surface area (Å²) in [4.78, 5) is 24.1. The van der Waals surface area contributed by atoms with E-state index in [1.54, 1.807) is 37.4 Å². The topological polar surface area (TPSA) is 97.9 Å². The number of amides is 2. The van der Waals surface area contributed by atoms with E-state index < -0.39 is 11.8 Å². The van der Waals surface area contributed by atoms with Gasteiger partial charge >= 0.3 is 0 Å². The number of nitrogens with one attached hydrogen (secondary N) is 3. The standard InChI is InChI=1S/C20H22BrN3O5S/c1-13-3-6-15(7-4-13)29-12-18(25)23-24-20(30)22-19(26)14-5-8-17(16(21)11-14)28-10-9-27-2/h3-8,11H,9-10,12H2,1-2H3,(H,23,25)(H2,22,24,26,30). The van der Waals surface area contributed by atoms with Crippen LogP contribution in [-0.4, -0.2) is 43.9 Å². The van der Waals surface area contributed by atoms with Crippen molar-refractivity contribution in [3.63, 3.8) is 0 Å². The van der Waals surface area contributed by atoms with Crippen LogP contribution in [0.5, 0.6) is 11.5 Å². The molecular formula is C20H22BrN3O5S. The molecule has 0 heterocycles. The van der Waals surface area contributed by atoms with Crippen molar-refractivity contribution < 1.29 is 23.8 Å². The van der Waals surface area contributed by atoms with Gasteiger partial charge in [0.15, 0.2) is 11.7 Å². The molecule has 0 aliphatic heterocycles. The molecular weight excluding hydrogens is 474 g/mol. The molecule has 3 N–H and O–H groups in total. The van der Waals surface area contributed by atoms with Crippen molar-refractivity contribution in [1.29, 1.82) is 0 Å². The zero-order valence-corrected chi connectivity index (χ0v) is 18.9. The fraction of sp³-hybridized carbons (Fsp3) is 0.250. The summed E-state index contributed by atoms with van der Waals surface area (Å²) in [5.74, 6) is 0.270. The van der Waals surface area contributed by atoms with Crippen LogP contribution < -0.4 is 25.6 Å². The lowest BCUT2D eigenvalue weighted by atomic mass is 10.2. The highest BCUT2D eigenvalue weighted by Gasteiger charge is 2.11. The number of benzene rings is 2. The summed E-state index contributed by atoms with van der Waals surface area (Å²) >= 11 is 8.38. The van der Waals surface area contributed by atoms with Crippen LogP contribution in [0.3, 0.4) is 0 Å². The fourth-order valence-electron chi connectivity index (χ4n) is 2.15. The molecule has 30 heavy (non-hydrogen) atoms. The zero-order valence-electron chi connectivity index (χ0n) is 16.5. The number of carbonyl (C=O) groups excluding carboxylic acids is 2. The van der Waals surface area contributed by atoms with Crippen molar-refractivity contribution >= 4 is 45.1 Å². The maximum Gasteiger partial charge on any atom is 0.276 e. The highest BCUT2D eigenvalue weighted by Crippen LogP contribution is 2.26. The van der Waals surface area contributed by atoms with Crippen LogP contribution in [0.25, 0.3) is 0 Å². The zero-order chi connectivity index (χ0) is 21.9. The average Bonchev–Trinajstić information content (AvgIpc) is 2.73. The molecule has 0 spiro atoms. The van der Waals surface area contributed by atoms with Gasteiger partial charge in [-0.05, 0) is 65.4 Å². The quantitative estimate of drug-likeness (QED) is 0.294. The molecule has 2 amide bonds. The Morgan fingerprint density at radius 1 is 1.03 bits per heavy atom. The molecule has 0 atom stereocenters. The Morgan fingerprint density at radius 3 is 2.43 bits per heavy atom. The van der Waals surface area contributed by atoms with Crippen molar-refractivity contribution in [3.8, 4) is 11.5 Å². The molecule has 0 fully saturated rings. The van der Waals surface area contributed by atoms with Crippen LogP contribution >= 0.6 is 28.1 Å². The van der Waals surface area contributed by atoms with Gasteiger partial charge in [-0.25, -0.2) is 0 Å². The molecule has 2 aromatic rings. The second-order valence-corrected chi connectivity index (χ2v) is 7.31. The van der Waals surface area contributed by atoms with Gasteiger partial charge in [0.05, 0.1) is 11.1 Å². The minimum absolute atomic E-state index is 0.0553. The second-order valence-electron chi connectivity index (χ2n) is 6.04. The number of halogens is 1. The van der Waals surface area contributed by atoms with E-state index in [0.29, 0.717) is 34.7 Å². The van der Waals surface area contributed by atoms with Gasteiger partial charge in [-0.1, -0.05) is 17.7 Å². The fourth-order valence-corrected chi connectivity index (χ4v) is 2.78. The van der Waals surface area contributed by atoms with Gasteiger partial charge in [0.1, 0.15) is 18.1 Å². The van der Waals surface area contributed by atoms with Gasteiger partial charge in [-0.15, -0.1) is 0 Å². The highest BCUT2D eigenvalue weighted by atomic mass is 79.9. The van der Waals surface area contributed by atoms with Crippen LogP contribution in [-0.2, 0) is 9.53 Å². The molecule has 2 rings (SSSR count). The van der Waals surface area contributed by atoms with Crippen molar-refractivity contribution in [2.45, 2.75) is 6.92 Å². The number of hydrazine groups is 1. The normalized spacial score (nSPS) is 10.1. The summed E-state index contributed by atoms with van der Waals surface area (Å²) in [7, 11) is 1.59. The van der Waals surface area contributed by atoms with Crippen LogP contribution in [0.15, 0.2) is 46.9 Å². The molecule has 0 saturated carbocycles. The van der Waals surface area contributed by atoms with Crippen LogP contribution in [0.1, 0.15) is 15.9 Å². The smallest absolute Gasteiger partial charge is 0.276 e. The number of hydrogen-bond donors (Lipinski definition) is 3. The van der Waals surface area contributed by atoms with Crippen LogP contribution in [0.4, 0.5) is 0 Å². The van der Waals surface area contributed by atoms with Gasteiger partial charge < -0.3 is 14.2 Å². The van der Waals surface area contributed by atoms with Crippen molar-refractivity contribution in [2.75, 3.05) is 26.9 Å². The second kappa shape index (κ2) is 12.1. The van der Waals surface area contributed by atoms with E-state index in [-0.39, 0.29) is 11.7 Å². The third-order valence-electron chi connectivity index (χ3n) is 3.67. The summed E-state index contributed by atoms with van der Waals surface area (Å²) in [6.45, 7) is 2.60. The number of hydrogen-bond acceptors (Lipinski definition) is 6. The van der Waals surface area contributed by atoms with Gasteiger partial charge in [0.2, 0.25) is 0 Å². The number of thiocarbonyl (C=S) groups is 1.